The van der Waals surface area contributed by atoms with Crippen LogP contribution in [-0.4, -0.2) is 67.1 Å². The van der Waals surface area contributed by atoms with Crippen molar-refractivity contribution in [2.24, 2.45) is 11.7 Å². The van der Waals surface area contributed by atoms with Gasteiger partial charge in [0.15, 0.2) is 0 Å². The number of carbonyl (C=O) groups excluding carboxylic acids is 1. The molecule has 0 radical (unpaired) electrons. The predicted octanol–water partition coefficient (Wildman–Crippen LogP) is 0.399. The molecule has 1 heterocycles. The predicted molar refractivity (Wildman–Crippen MR) is 84.0 cm³/mol. The first-order valence-electron chi connectivity index (χ1n) is 8.45. The molecule has 3 rings (SSSR count). The van der Waals surface area contributed by atoms with Crippen LogP contribution in [0.25, 0.3) is 0 Å². The maximum Gasteiger partial charge on any atom is 0.237 e. The van der Waals surface area contributed by atoms with Crippen molar-refractivity contribution in [1.82, 2.24) is 15.1 Å². The van der Waals surface area contributed by atoms with Gasteiger partial charge in [0.25, 0.3) is 0 Å². The van der Waals surface area contributed by atoms with Crippen LogP contribution in [0.3, 0.4) is 0 Å². The van der Waals surface area contributed by atoms with Gasteiger partial charge >= 0.3 is 0 Å². The normalized spacial score (nSPS) is 37.5. The molecule has 120 valence electrons. The first-order valence-corrected chi connectivity index (χ1v) is 8.45. The van der Waals surface area contributed by atoms with Crippen LogP contribution in [0.1, 0.15) is 38.5 Å². The maximum absolute atomic E-state index is 12.0. The summed E-state index contributed by atoms with van der Waals surface area (Å²) in [7, 11) is 4.42. The molecule has 0 aromatic heterocycles. The molecule has 3 aliphatic rings. The molecular formula is C16H30N4O. The van der Waals surface area contributed by atoms with Gasteiger partial charge in [-0.25, -0.2) is 0 Å². The third-order valence-corrected chi connectivity index (χ3v) is 5.68. The number of rotatable bonds is 6. The average Bonchev–Trinajstić information content (AvgIpc) is 2.96. The van der Waals surface area contributed by atoms with Crippen LogP contribution in [0, 0.1) is 5.92 Å². The van der Waals surface area contributed by atoms with Gasteiger partial charge in [-0.3, -0.25) is 4.79 Å². The van der Waals surface area contributed by atoms with Crippen LogP contribution in [0.15, 0.2) is 0 Å². The molecule has 5 heteroatoms. The summed E-state index contributed by atoms with van der Waals surface area (Å²) in [5.41, 5.74) is 5.29. The van der Waals surface area contributed by atoms with Crippen molar-refractivity contribution in [2.45, 2.75) is 56.1 Å². The Hall–Kier alpha value is -0.650. The number of primary amides is 1. The van der Waals surface area contributed by atoms with Gasteiger partial charge in [0.1, 0.15) is 0 Å². The molecule has 0 aromatic carbocycles. The monoisotopic (exact) mass is 294 g/mol. The lowest BCUT2D eigenvalue weighted by Crippen LogP contribution is -2.55. The van der Waals surface area contributed by atoms with Crippen LogP contribution < -0.4 is 11.1 Å². The minimum atomic E-state index is -0.438. The highest BCUT2D eigenvalue weighted by Crippen LogP contribution is 2.36. The molecule has 0 bridgehead atoms. The lowest BCUT2D eigenvalue weighted by Gasteiger charge is -2.31. The van der Waals surface area contributed by atoms with Gasteiger partial charge in [0.2, 0.25) is 5.91 Å². The number of hydrogen-bond donors (Lipinski definition) is 2. The molecule has 1 amide bonds. The molecule has 3 N–H and O–H groups in total. The van der Waals surface area contributed by atoms with E-state index in [-0.39, 0.29) is 5.91 Å². The van der Waals surface area contributed by atoms with E-state index in [4.69, 9.17) is 5.73 Å². The molecule has 2 saturated carbocycles. The number of nitrogens with two attached hydrogens (primary N) is 1. The molecule has 0 aromatic rings. The lowest BCUT2D eigenvalue weighted by molar-refractivity contribution is -0.124. The van der Waals surface area contributed by atoms with Crippen molar-refractivity contribution in [3.8, 4) is 0 Å². The van der Waals surface area contributed by atoms with Gasteiger partial charge < -0.3 is 20.9 Å². The Kier molecular flexibility index (Phi) is 4.26. The number of nitrogens with zero attached hydrogens (tertiary/aromatic N) is 2. The highest BCUT2D eigenvalue weighted by Gasteiger charge is 2.47. The minimum absolute atomic E-state index is 0.147. The fourth-order valence-electron chi connectivity index (χ4n) is 4.17. The molecule has 3 atom stereocenters. The Balaban J connectivity index is 1.55. The number of amides is 1. The fourth-order valence-corrected chi connectivity index (χ4v) is 4.17. The summed E-state index contributed by atoms with van der Waals surface area (Å²) in [6.45, 7) is 3.57. The molecule has 1 saturated heterocycles. The van der Waals surface area contributed by atoms with E-state index in [9.17, 15) is 4.79 Å². The average molecular weight is 294 g/mol. The first kappa shape index (κ1) is 15.3. The summed E-state index contributed by atoms with van der Waals surface area (Å²) >= 11 is 0. The van der Waals surface area contributed by atoms with E-state index >= 15 is 0 Å². The fraction of sp³-hybridized carbons (Fsp3) is 0.938. The largest absolute Gasteiger partial charge is 0.368 e. The second-order valence-corrected chi connectivity index (χ2v) is 7.62. The van der Waals surface area contributed by atoms with Gasteiger partial charge in [-0.15, -0.1) is 0 Å². The van der Waals surface area contributed by atoms with E-state index in [0.717, 1.165) is 31.7 Å². The third-order valence-electron chi connectivity index (χ3n) is 5.68. The summed E-state index contributed by atoms with van der Waals surface area (Å²) in [4.78, 5) is 16.9. The van der Waals surface area contributed by atoms with E-state index in [1.165, 1.54) is 32.4 Å². The van der Waals surface area contributed by atoms with Crippen molar-refractivity contribution >= 4 is 5.91 Å². The molecule has 3 fully saturated rings. The third kappa shape index (κ3) is 3.41. The summed E-state index contributed by atoms with van der Waals surface area (Å²) < 4.78 is 0. The maximum atomic E-state index is 12.0. The topological polar surface area (TPSA) is 61.6 Å². The Labute approximate surface area is 128 Å². The van der Waals surface area contributed by atoms with E-state index in [0.29, 0.717) is 12.1 Å². The highest BCUT2D eigenvalue weighted by molar-refractivity contribution is 5.85. The summed E-state index contributed by atoms with van der Waals surface area (Å²) in [6, 6.07) is 1.03. The summed E-state index contributed by atoms with van der Waals surface area (Å²) in [5, 5.41) is 3.54. The molecule has 0 spiro atoms. The van der Waals surface area contributed by atoms with Gasteiger partial charge in [0, 0.05) is 25.2 Å². The van der Waals surface area contributed by atoms with E-state index in [1.807, 2.05) is 0 Å². The molecule has 1 aliphatic heterocycles. The van der Waals surface area contributed by atoms with Gasteiger partial charge in [-0.2, -0.15) is 0 Å². The first-order chi connectivity index (χ1) is 9.98. The van der Waals surface area contributed by atoms with Crippen molar-refractivity contribution in [1.29, 1.82) is 0 Å². The number of carbonyl (C=O) groups is 1. The van der Waals surface area contributed by atoms with E-state index < -0.39 is 5.54 Å². The van der Waals surface area contributed by atoms with Crippen molar-refractivity contribution in [2.75, 3.05) is 33.7 Å². The summed E-state index contributed by atoms with van der Waals surface area (Å²) in [6.07, 6.45) is 6.57. The van der Waals surface area contributed by atoms with Crippen LogP contribution >= 0.6 is 0 Å². The second-order valence-electron chi connectivity index (χ2n) is 7.62. The molecule has 5 nitrogen and oxygen atoms in total. The van der Waals surface area contributed by atoms with Crippen LogP contribution in [0.5, 0.6) is 0 Å². The van der Waals surface area contributed by atoms with Crippen LogP contribution in [0.4, 0.5) is 0 Å². The smallest absolute Gasteiger partial charge is 0.237 e. The lowest BCUT2D eigenvalue weighted by atomic mass is 9.95. The zero-order valence-corrected chi connectivity index (χ0v) is 13.5. The number of nitrogens with one attached hydrogen (secondary N) is 1. The molecule has 21 heavy (non-hydrogen) atoms. The van der Waals surface area contributed by atoms with Gasteiger partial charge in [-0.1, -0.05) is 0 Å². The zero-order chi connectivity index (χ0) is 15.0. The van der Waals surface area contributed by atoms with Gasteiger partial charge in [-0.05, 0) is 65.1 Å². The molecular weight excluding hydrogens is 264 g/mol. The molecule has 3 unspecified atom stereocenters. The van der Waals surface area contributed by atoms with Crippen molar-refractivity contribution in [3.05, 3.63) is 0 Å². The van der Waals surface area contributed by atoms with Crippen molar-refractivity contribution < 1.29 is 4.79 Å². The van der Waals surface area contributed by atoms with Crippen LogP contribution in [0.2, 0.25) is 0 Å². The Morgan fingerprint density at radius 2 is 2.14 bits per heavy atom. The van der Waals surface area contributed by atoms with Crippen LogP contribution in [-0.2, 0) is 4.79 Å². The van der Waals surface area contributed by atoms with Gasteiger partial charge in [0.05, 0.1) is 5.54 Å². The highest BCUT2D eigenvalue weighted by atomic mass is 16.1. The summed E-state index contributed by atoms with van der Waals surface area (Å²) in [5.74, 6) is 0.630. The molecule has 2 aliphatic carbocycles. The van der Waals surface area contributed by atoms with E-state index in [2.05, 4.69) is 29.2 Å². The Bertz CT molecular complexity index is 398. The number of hydrogen-bond acceptors (Lipinski definition) is 4. The standard InChI is InChI=1S/C16H30N4O/c1-19-8-6-12(10-19)11-20(2)14-5-7-16(9-14,15(17)21)18-13-3-4-13/h12-14,18H,3-11H2,1-2H3,(H2,17,21). The second kappa shape index (κ2) is 5.86. The SMILES string of the molecule is CN1CCC(CN(C)C2CCC(NC3CC3)(C(N)=O)C2)C1. The quantitative estimate of drug-likeness (QED) is 0.744. The van der Waals surface area contributed by atoms with Crippen molar-refractivity contribution in [3.63, 3.8) is 0 Å². The Morgan fingerprint density at radius 1 is 1.38 bits per heavy atom. The number of likely N-dealkylation sites (tertiary alicyclic amines) is 1. The minimum Gasteiger partial charge on any atom is -0.368 e. The Morgan fingerprint density at radius 3 is 2.71 bits per heavy atom. The van der Waals surface area contributed by atoms with E-state index in [1.54, 1.807) is 0 Å². The zero-order valence-electron chi connectivity index (χ0n) is 13.5.